The first-order chi connectivity index (χ1) is 8.68. The van der Waals surface area contributed by atoms with Crippen LogP contribution in [0.5, 0.6) is 0 Å². The second kappa shape index (κ2) is 5.63. The summed E-state index contributed by atoms with van der Waals surface area (Å²) in [5, 5.41) is 24.8. The Morgan fingerprint density at radius 1 is 1.42 bits per heavy atom. The summed E-state index contributed by atoms with van der Waals surface area (Å²) in [5.74, 6) is -0.916. The van der Waals surface area contributed by atoms with Crippen LogP contribution in [0.4, 0.5) is 10.7 Å². The lowest BCUT2D eigenvalue weighted by atomic mass is 9.85. The number of hydrogen-bond acceptors (Lipinski definition) is 5. The van der Waals surface area contributed by atoms with Gasteiger partial charge in [-0.25, -0.2) is 4.79 Å². The fourth-order valence-corrected chi connectivity index (χ4v) is 1.38. The van der Waals surface area contributed by atoms with E-state index >= 15 is 0 Å². The largest absolute Gasteiger partial charge is 0.481 e. The minimum Gasteiger partial charge on any atom is -0.481 e. The van der Waals surface area contributed by atoms with Gasteiger partial charge >= 0.3 is 12.0 Å². The number of urea groups is 1. The van der Waals surface area contributed by atoms with E-state index in [1.807, 2.05) is 20.8 Å². The lowest BCUT2D eigenvalue weighted by Gasteiger charge is -2.30. The highest BCUT2D eigenvalue weighted by Gasteiger charge is 2.28. The molecule has 9 nitrogen and oxygen atoms in total. The van der Waals surface area contributed by atoms with E-state index in [2.05, 4.69) is 26.0 Å². The summed E-state index contributed by atoms with van der Waals surface area (Å²) in [6, 6.07) is -1.07. The molecule has 2 amide bonds. The van der Waals surface area contributed by atoms with Gasteiger partial charge in [-0.2, -0.15) is 4.80 Å². The van der Waals surface area contributed by atoms with E-state index in [0.717, 1.165) is 0 Å². The van der Waals surface area contributed by atoms with Gasteiger partial charge in [0, 0.05) is 6.04 Å². The number of hydrogen-bond donors (Lipinski definition) is 3. The quantitative estimate of drug-likeness (QED) is 0.719. The molecule has 9 heteroatoms. The second-order valence-corrected chi connectivity index (χ2v) is 5.22. The van der Waals surface area contributed by atoms with E-state index in [0.29, 0.717) is 0 Å². The smallest absolute Gasteiger partial charge is 0.321 e. The maximum Gasteiger partial charge on any atom is 0.321 e. The topological polar surface area (TPSA) is 122 Å². The first kappa shape index (κ1) is 14.9. The summed E-state index contributed by atoms with van der Waals surface area (Å²) in [6.45, 7) is 5.55. The Hall–Kier alpha value is -2.19. The molecule has 0 bridgehead atoms. The predicted molar refractivity (Wildman–Crippen MR) is 66.4 cm³/mol. The van der Waals surface area contributed by atoms with Crippen LogP contribution in [-0.2, 0) is 11.8 Å². The Labute approximate surface area is 110 Å². The zero-order valence-electron chi connectivity index (χ0n) is 11.3. The monoisotopic (exact) mass is 270 g/mol. The number of carboxylic acid groups (broad SMARTS) is 1. The van der Waals surface area contributed by atoms with Gasteiger partial charge in [-0.05, 0) is 10.6 Å². The van der Waals surface area contributed by atoms with E-state index in [1.54, 1.807) is 7.05 Å². The number of amides is 2. The van der Waals surface area contributed by atoms with E-state index in [9.17, 15) is 9.59 Å². The van der Waals surface area contributed by atoms with Crippen LogP contribution in [0.25, 0.3) is 0 Å². The van der Waals surface area contributed by atoms with Crippen molar-refractivity contribution in [1.29, 1.82) is 0 Å². The minimum absolute atomic E-state index is 0.0583. The number of aryl methyl sites for hydroxylation is 1. The molecule has 0 aromatic carbocycles. The zero-order valence-corrected chi connectivity index (χ0v) is 11.3. The normalized spacial score (nSPS) is 12.8. The first-order valence-electron chi connectivity index (χ1n) is 5.72. The van der Waals surface area contributed by atoms with Crippen LogP contribution < -0.4 is 10.6 Å². The van der Waals surface area contributed by atoms with Gasteiger partial charge in [-0.1, -0.05) is 25.9 Å². The van der Waals surface area contributed by atoms with Gasteiger partial charge in [-0.3, -0.25) is 10.1 Å². The number of nitrogens with one attached hydrogen (secondary N) is 2. The van der Waals surface area contributed by atoms with Crippen LogP contribution in [0.2, 0.25) is 0 Å². The molecule has 0 aliphatic carbocycles. The van der Waals surface area contributed by atoms with Crippen molar-refractivity contribution in [2.24, 2.45) is 12.5 Å². The van der Waals surface area contributed by atoms with Crippen LogP contribution in [-0.4, -0.2) is 43.4 Å². The average Bonchev–Trinajstić information content (AvgIpc) is 2.60. The fraction of sp³-hybridized carbons (Fsp3) is 0.700. The predicted octanol–water partition coefficient (Wildman–Crippen LogP) is 0.221. The molecule has 0 saturated carbocycles. The number of aromatic nitrogens is 4. The van der Waals surface area contributed by atoms with Crippen LogP contribution in [0.3, 0.4) is 0 Å². The van der Waals surface area contributed by atoms with E-state index < -0.39 is 18.0 Å². The van der Waals surface area contributed by atoms with Crippen molar-refractivity contribution in [3.8, 4) is 0 Å². The molecule has 106 valence electrons. The van der Waals surface area contributed by atoms with Crippen molar-refractivity contribution in [3.63, 3.8) is 0 Å². The first-order valence-corrected chi connectivity index (χ1v) is 5.72. The highest BCUT2D eigenvalue weighted by atomic mass is 16.4. The molecule has 0 aliphatic heterocycles. The summed E-state index contributed by atoms with van der Waals surface area (Å²) in [4.78, 5) is 23.7. The lowest BCUT2D eigenvalue weighted by Crippen LogP contribution is -2.46. The Kier molecular flexibility index (Phi) is 4.41. The van der Waals surface area contributed by atoms with E-state index in [1.165, 1.54) is 4.80 Å². The molecule has 1 unspecified atom stereocenters. The van der Waals surface area contributed by atoms with Crippen LogP contribution in [0.15, 0.2) is 0 Å². The van der Waals surface area contributed by atoms with Crippen molar-refractivity contribution in [2.75, 3.05) is 5.32 Å². The van der Waals surface area contributed by atoms with Crippen LogP contribution in [0, 0.1) is 5.41 Å². The summed E-state index contributed by atoms with van der Waals surface area (Å²) < 4.78 is 0. The van der Waals surface area contributed by atoms with Gasteiger partial charge in [0.1, 0.15) is 0 Å². The average molecular weight is 270 g/mol. The summed E-state index contributed by atoms with van der Waals surface area (Å²) in [6.07, 6.45) is -0.162. The molecule has 0 radical (unpaired) electrons. The van der Waals surface area contributed by atoms with Crippen molar-refractivity contribution in [2.45, 2.75) is 33.2 Å². The van der Waals surface area contributed by atoms with Crippen molar-refractivity contribution in [1.82, 2.24) is 25.5 Å². The molecule has 0 aliphatic rings. The lowest BCUT2D eigenvalue weighted by molar-refractivity contribution is -0.138. The third-order valence-corrected chi connectivity index (χ3v) is 2.46. The van der Waals surface area contributed by atoms with Crippen LogP contribution in [0.1, 0.15) is 27.2 Å². The number of tetrazole rings is 1. The molecule has 1 atom stereocenters. The van der Waals surface area contributed by atoms with Gasteiger partial charge < -0.3 is 10.4 Å². The number of carbonyl (C=O) groups is 2. The fourth-order valence-electron chi connectivity index (χ4n) is 1.38. The SMILES string of the molecule is Cn1nnc(NC(=O)NC(CC(=O)O)C(C)(C)C)n1. The number of carbonyl (C=O) groups excluding carboxylic acids is 1. The molecule has 1 aromatic heterocycles. The van der Waals surface area contributed by atoms with E-state index in [4.69, 9.17) is 5.11 Å². The molecule has 0 spiro atoms. The molecular formula is C10H18N6O3. The molecule has 0 fully saturated rings. The van der Waals surface area contributed by atoms with Gasteiger partial charge in [-0.15, -0.1) is 5.10 Å². The van der Waals surface area contributed by atoms with Crippen molar-refractivity contribution < 1.29 is 14.7 Å². The van der Waals surface area contributed by atoms with Gasteiger partial charge in [0.25, 0.3) is 5.95 Å². The second-order valence-electron chi connectivity index (χ2n) is 5.22. The van der Waals surface area contributed by atoms with E-state index in [-0.39, 0.29) is 17.8 Å². The molecule has 1 aromatic rings. The van der Waals surface area contributed by atoms with Gasteiger partial charge in [0.2, 0.25) is 0 Å². The van der Waals surface area contributed by atoms with Crippen molar-refractivity contribution >= 4 is 17.9 Å². The number of carboxylic acids is 1. The Morgan fingerprint density at radius 2 is 2.05 bits per heavy atom. The summed E-state index contributed by atoms with van der Waals surface area (Å²) in [7, 11) is 1.57. The third-order valence-electron chi connectivity index (χ3n) is 2.46. The minimum atomic E-state index is -0.974. The molecule has 0 saturated heterocycles. The zero-order chi connectivity index (χ0) is 14.6. The standard InChI is InChI=1S/C10H18N6O3/c1-10(2,3)6(5-7(17)18)11-9(19)12-8-13-15-16(4)14-8/h6H,5H2,1-4H3,(H,17,18)(H2,11,12,14,19). The maximum atomic E-state index is 11.7. The van der Waals surface area contributed by atoms with Gasteiger partial charge in [0.05, 0.1) is 13.5 Å². The number of aliphatic carboxylic acids is 1. The Bertz CT molecular complexity index is 464. The number of anilines is 1. The third kappa shape index (κ3) is 4.90. The Balaban J connectivity index is 2.63. The molecule has 1 heterocycles. The molecular weight excluding hydrogens is 252 g/mol. The highest BCUT2D eigenvalue weighted by Crippen LogP contribution is 2.21. The molecule has 1 rings (SSSR count). The maximum absolute atomic E-state index is 11.7. The number of nitrogens with zero attached hydrogens (tertiary/aromatic N) is 4. The molecule has 19 heavy (non-hydrogen) atoms. The van der Waals surface area contributed by atoms with Gasteiger partial charge in [0.15, 0.2) is 0 Å². The summed E-state index contributed by atoms with van der Waals surface area (Å²) >= 11 is 0. The molecule has 3 N–H and O–H groups in total. The van der Waals surface area contributed by atoms with Crippen molar-refractivity contribution in [3.05, 3.63) is 0 Å². The Morgan fingerprint density at radius 3 is 2.47 bits per heavy atom. The summed E-state index contributed by atoms with van der Waals surface area (Å²) in [5.41, 5.74) is -0.383. The van der Waals surface area contributed by atoms with Crippen LogP contribution >= 0.6 is 0 Å². The number of rotatable bonds is 4. The highest BCUT2D eigenvalue weighted by molar-refractivity contribution is 5.87.